The van der Waals surface area contributed by atoms with E-state index in [0.717, 1.165) is 24.3 Å². The van der Waals surface area contributed by atoms with Gasteiger partial charge in [-0.05, 0) is 43.7 Å². The van der Waals surface area contributed by atoms with Crippen molar-refractivity contribution in [2.24, 2.45) is 22.7 Å². The Morgan fingerprint density at radius 1 is 1.21 bits per heavy atom. The average Bonchev–Trinajstić information content (AvgIpc) is 2.13. The molecule has 0 aromatic carbocycles. The third kappa shape index (κ3) is 3.81. The fourth-order valence-electron chi connectivity index (χ4n) is 2.88. The summed E-state index contributed by atoms with van der Waals surface area (Å²) in [6.45, 7) is 9.34. The van der Waals surface area contributed by atoms with Crippen LogP contribution in [0.4, 0.5) is 0 Å². The Balaban J connectivity index is 2.40. The van der Waals surface area contributed by atoms with Gasteiger partial charge in [-0.15, -0.1) is 0 Å². The summed E-state index contributed by atoms with van der Waals surface area (Å²) in [6.07, 6.45) is 8.40. The van der Waals surface area contributed by atoms with Gasteiger partial charge in [0.05, 0.1) is 0 Å². The molecule has 0 saturated heterocycles. The fourth-order valence-corrected chi connectivity index (χ4v) is 2.88. The van der Waals surface area contributed by atoms with Gasteiger partial charge in [-0.2, -0.15) is 0 Å². The van der Waals surface area contributed by atoms with Gasteiger partial charge in [0.15, 0.2) is 0 Å². The summed E-state index contributed by atoms with van der Waals surface area (Å²) in [5, 5.41) is 0. The largest absolute Gasteiger partial charge is 0.301 e. The summed E-state index contributed by atoms with van der Waals surface area (Å²) in [5.41, 5.74) is 0. The smallest absolute Gasteiger partial charge is 0.0410 e. The van der Waals surface area contributed by atoms with E-state index in [9.17, 15) is 0 Å². The van der Waals surface area contributed by atoms with Gasteiger partial charge in [0.25, 0.3) is 0 Å². The highest BCUT2D eigenvalue weighted by Gasteiger charge is 2.19. The molecule has 1 aliphatic carbocycles. The van der Waals surface area contributed by atoms with Crippen molar-refractivity contribution < 1.29 is 0 Å². The third-order valence-corrected chi connectivity index (χ3v) is 3.66. The molecule has 0 aromatic rings. The summed E-state index contributed by atoms with van der Waals surface area (Å²) in [5.74, 6) is 2.70. The van der Waals surface area contributed by atoms with Gasteiger partial charge >= 0.3 is 0 Å². The third-order valence-electron chi connectivity index (χ3n) is 3.66. The zero-order valence-corrected chi connectivity index (χ0v) is 9.84. The molecule has 2 unspecified atom stereocenters. The normalized spacial score (nSPS) is 34.6. The van der Waals surface area contributed by atoms with Gasteiger partial charge in [0.1, 0.15) is 0 Å². The fraction of sp³-hybridized carbons (Fsp3) is 0.923. The second-order valence-electron chi connectivity index (χ2n) is 5.05. The van der Waals surface area contributed by atoms with Gasteiger partial charge in [0, 0.05) is 6.54 Å². The predicted molar refractivity (Wildman–Crippen MR) is 63.9 cm³/mol. The van der Waals surface area contributed by atoms with Crippen molar-refractivity contribution in [1.82, 2.24) is 0 Å². The highest BCUT2D eigenvalue weighted by molar-refractivity contribution is 5.23. The Bertz CT molecular complexity index is 165. The predicted octanol–water partition coefficient (Wildman–Crippen LogP) is 3.93. The molecule has 82 valence electrons. The van der Waals surface area contributed by atoms with Gasteiger partial charge < -0.3 is 4.99 Å². The van der Waals surface area contributed by atoms with Crippen molar-refractivity contribution >= 4 is 6.72 Å². The summed E-state index contributed by atoms with van der Waals surface area (Å²) in [7, 11) is 0. The van der Waals surface area contributed by atoms with Crippen molar-refractivity contribution in [3.8, 4) is 0 Å². The molecule has 0 amide bonds. The number of hydrogen-bond acceptors (Lipinski definition) is 1. The van der Waals surface area contributed by atoms with Crippen LogP contribution in [0, 0.1) is 17.8 Å². The Morgan fingerprint density at radius 3 is 2.50 bits per heavy atom. The molecule has 14 heavy (non-hydrogen) atoms. The lowest BCUT2D eigenvalue weighted by Gasteiger charge is -2.27. The molecule has 1 aliphatic rings. The van der Waals surface area contributed by atoms with Crippen LogP contribution in [0.3, 0.4) is 0 Å². The summed E-state index contributed by atoms with van der Waals surface area (Å²) >= 11 is 0. The highest BCUT2D eigenvalue weighted by atomic mass is 14.7. The second-order valence-corrected chi connectivity index (χ2v) is 5.05. The molecule has 0 radical (unpaired) electrons. The van der Waals surface area contributed by atoms with Crippen LogP contribution in [0.1, 0.15) is 52.4 Å². The molecule has 1 saturated carbocycles. The number of hydrogen-bond donors (Lipinski definition) is 0. The minimum Gasteiger partial charge on any atom is -0.301 e. The van der Waals surface area contributed by atoms with E-state index in [4.69, 9.17) is 0 Å². The zero-order chi connectivity index (χ0) is 10.4. The van der Waals surface area contributed by atoms with Gasteiger partial charge in [-0.25, -0.2) is 0 Å². The number of aliphatic imine (C=N–C) groups is 1. The van der Waals surface area contributed by atoms with Crippen LogP contribution in [0.2, 0.25) is 0 Å². The average molecular weight is 195 g/mol. The van der Waals surface area contributed by atoms with Gasteiger partial charge in [-0.1, -0.05) is 33.1 Å². The van der Waals surface area contributed by atoms with Gasteiger partial charge in [-0.3, -0.25) is 0 Å². The van der Waals surface area contributed by atoms with Crippen LogP contribution in [0.5, 0.6) is 0 Å². The molecular weight excluding hydrogens is 170 g/mol. The Kier molecular flexibility index (Phi) is 5.21. The van der Waals surface area contributed by atoms with Crippen molar-refractivity contribution in [1.29, 1.82) is 0 Å². The molecular formula is C13H25N. The van der Waals surface area contributed by atoms with Gasteiger partial charge in [0.2, 0.25) is 0 Å². The molecule has 0 heterocycles. The standard InChI is InChI=1S/C13H25N/c1-4-12-6-5-7-13(10-14-3)9-11(2)8-12/h11-13H,3-10H2,1-2H3/t11?,12?,13-/m0/s1. The molecule has 0 aromatic heterocycles. The molecule has 0 N–H and O–H groups in total. The lowest BCUT2D eigenvalue weighted by atomic mass is 9.79. The topological polar surface area (TPSA) is 12.4 Å². The maximum Gasteiger partial charge on any atom is 0.0410 e. The van der Waals surface area contributed by atoms with Crippen molar-refractivity contribution in [2.75, 3.05) is 6.54 Å². The summed E-state index contributed by atoms with van der Waals surface area (Å²) in [6, 6.07) is 0. The molecule has 0 spiro atoms. The number of rotatable bonds is 3. The zero-order valence-electron chi connectivity index (χ0n) is 9.84. The first-order chi connectivity index (χ1) is 6.76. The lowest BCUT2D eigenvalue weighted by Crippen LogP contribution is -2.17. The van der Waals surface area contributed by atoms with E-state index in [1.54, 1.807) is 0 Å². The van der Waals surface area contributed by atoms with Crippen LogP contribution in [0.15, 0.2) is 4.99 Å². The number of nitrogens with zero attached hydrogens (tertiary/aromatic N) is 1. The molecule has 0 bridgehead atoms. The maximum absolute atomic E-state index is 4.06. The first-order valence-corrected chi connectivity index (χ1v) is 6.18. The molecule has 1 heteroatoms. The van der Waals surface area contributed by atoms with E-state index < -0.39 is 0 Å². The molecule has 3 atom stereocenters. The molecule has 1 rings (SSSR count). The first kappa shape index (κ1) is 11.7. The Labute approximate surface area is 89.0 Å². The van der Waals surface area contributed by atoms with E-state index in [1.165, 1.54) is 38.5 Å². The van der Waals surface area contributed by atoms with Crippen molar-refractivity contribution in [3.05, 3.63) is 0 Å². The SMILES string of the molecule is C=NC[C@H]1CCCC(CC)CC(C)C1. The lowest BCUT2D eigenvalue weighted by molar-refractivity contribution is 0.257. The van der Waals surface area contributed by atoms with E-state index in [0.29, 0.717) is 0 Å². The minimum atomic E-state index is 0.820. The minimum absolute atomic E-state index is 0.820. The van der Waals surface area contributed by atoms with Crippen LogP contribution >= 0.6 is 0 Å². The van der Waals surface area contributed by atoms with E-state index in [2.05, 4.69) is 25.6 Å². The summed E-state index contributed by atoms with van der Waals surface area (Å²) in [4.78, 5) is 4.06. The Morgan fingerprint density at radius 2 is 1.86 bits per heavy atom. The van der Waals surface area contributed by atoms with Crippen molar-refractivity contribution in [2.45, 2.75) is 52.4 Å². The Hall–Kier alpha value is -0.330. The van der Waals surface area contributed by atoms with Crippen LogP contribution in [-0.4, -0.2) is 13.3 Å². The highest BCUT2D eigenvalue weighted by Crippen LogP contribution is 2.31. The molecule has 0 aliphatic heterocycles. The van der Waals surface area contributed by atoms with E-state index in [1.807, 2.05) is 0 Å². The van der Waals surface area contributed by atoms with Crippen LogP contribution in [0.25, 0.3) is 0 Å². The second kappa shape index (κ2) is 6.21. The monoisotopic (exact) mass is 195 g/mol. The van der Waals surface area contributed by atoms with E-state index in [-0.39, 0.29) is 0 Å². The summed E-state index contributed by atoms with van der Waals surface area (Å²) < 4.78 is 0. The van der Waals surface area contributed by atoms with Crippen molar-refractivity contribution in [3.63, 3.8) is 0 Å². The van der Waals surface area contributed by atoms with Crippen LogP contribution in [-0.2, 0) is 0 Å². The van der Waals surface area contributed by atoms with Crippen LogP contribution < -0.4 is 0 Å². The quantitative estimate of drug-likeness (QED) is 0.605. The first-order valence-electron chi connectivity index (χ1n) is 6.18. The maximum atomic E-state index is 4.06. The van der Waals surface area contributed by atoms with E-state index >= 15 is 0 Å². The molecule has 1 fully saturated rings. The molecule has 1 nitrogen and oxygen atoms in total.